The zero-order valence-electron chi connectivity index (χ0n) is 18.9. The molecule has 2 aromatic carbocycles. The van der Waals surface area contributed by atoms with Crippen molar-refractivity contribution >= 4 is 15.9 Å². The van der Waals surface area contributed by atoms with Crippen LogP contribution in [0.25, 0.3) is 0 Å². The first-order valence-corrected chi connectivity index (χ1v) is 13.0. The van der Waals surface area contributed by atoms with E-state index in [1.165, 1.54) is 30.4 Å². The molecule has 1 saturated heterocycles. The predicted octanol–water partition coefficient (Wildman–Crippen LogP) is 4.24. The van der Waals surface area contributed by atoms with E-state index >= 15 is 0 Å². The molecule has 0 spiro atoms. The van der Waals surface area contributed by atoms with E-state index in [1.54, 1.807) is 6.07 Å². The molecule has 7 heteroatoms. The number of ether oxygens (including phenoxy) is 1. The lowest BCUT2D eigenvalue weighted by Crippen LogP contribution is -2.32. The van der Waals surface area contributed by atoms with Crippen LogP contribution in [0.2, 0.25) is 0 Å². The van der Waals surface area contributed by atoms with Gasteiger partial charge in [0.25, 0.3) is 5.91 Å². The van der Waals surface area contributed by atoms with E-state index in [2.05, 4.69) is 16.9 Å². The van der Waals surface area contributed by atoms with Crippen LogP contribution in [0.1, 0.15) is 72.1 Å². The molecular formula is C25H32N2O4S. The lowest BCUT2D eigenvalue weighted by Gasteiger charge is -2.22. The predicted molar refractivity (Wildman–Crippen MR) is 125 cm³/mol. The SMILES string of the molecule is COc1ccc(S(=O)(=O)N[C@H](C)c2ccc3c(c2)CCC3)cc1C(=O)N1CCCCCC1. The highest BCUT2D eigenvalue weighted by Crippen LogP contribution is 2.28. The normalized spacial score (nSPS) is 17.5. The maximum atomic E-state index is 13.2. The Kier molecular flexibility index (Phi) is 6.86. The summed E-state index contributed by atoms with van der Waals surface area (Å²) < 4.78 is 34.5. The van der Waals surface area contributed by atoms with Gasteiger partial charge in [-0.15, -0.1) is 0 Å². The van der Waals surface area contributed by atoms with Gasteiger partial charge < -0.3 is 9.64 Å². The van der Waals surface area contributed by atoms with Crippen molar-refractivity contribution in [3.63, 3.8) is 0 Å². The van der Waals surface area contributed by atoms with Gasteiger partial charge in [0.15, 0.2) is 0 Å². The number of nitrogens with zero attached hydrogens (tertiary/aromatic N) is 1. The van der Waals surface area contributed by atoms with Crippen molar-refractivity contribution in [2.45, 2.75) is 62.8 Å². The average molecular weight is 457 g/mol. The van der Waals surface area contributed by atoms with Crippen LogP contribution in [0.3, 0.4) is 0 Å². The number of fused-ring (bicyclic) bond motifs is 1. The van der Waals surface area contributed by atoms with Gasteiger partial charge in [-0.2, -0.15) is 0 Å². The van der Waals surface area contributed by atoms with Crippen LogP contribution in [-0.2, 0) is 22.9 Å². The summed E-state index contributed by atoms with van der Waals surface area (Å²) in [6.45, 7) is 3.22. The Morgan fingerprint density at radius 1 is 0.969 bits per heavy atom. The molecule has 1 fully saturated rings. The fraction of sp³-hybridized carbons (Fsp3) is 0.480. The zero-order valence-corrected chi connectivity index (χ0v) is 19.7. The number of sulfonamides is 1. The summed E-state index contributed by atoms with van der Waals surface area (Å²) in [7, 11) is -2.32. The minimum absolute atomic E-state index is 0.0736. The zero-order chi connectivity index (χ0) is 22.7. The molecule has 0 unspecified atom stereocenters. The minimum atomic E-state index is -3.82. The summed E-state index contributed by atoms with van der Waals surface area (Å²) in [4.78, 5) is 15.1. The van der Waals surface area contributed by atoms with Crippen LogP contribution in [0.5, 0.6) is 5.75 Å². The topological polar surface area (TPSA) is 75.7 Å². The maximum Gasteiger partial charge on any atom is 0.257 e. The van der Waals surface area contributed by atoms with Gasteiger partial charge in [-0.25, -0.2) is 13.1 Å². The molecule has 0 bridgehead atoms. The summed E-state index contributed by atoms with van der Waals surface area (Å²) in [5.41, 5.74) is 3.91. The van der Waals surface area contributed by atoms with E-state index in [0.29, 0.717) is 24.4 Å². The summed E-state index contributed by atoms with van der Waals surface area (Å²) in [6.07, 6.45) is 7.44. The summed E-state index contributed by atoms with van der Waals surface area (Å²) in [6, 6.07) is 10.3. The highest BCUT2D eigenvalue weighted by molar-refractivity contribution is 7.89. The van der Waals surface area contributed by atoms with Gasteiger partial charge in [0.1, 0.15) is 5.75 Å². The number of hydrogen-bond donors (Lipinski definition) is 1. The molecule has 6 nitrogen and oxygen atoms in total. The van der Waals surface area contributed by atoms with Gasteiger partial charge in [-0.1, -0.05) is 31.0 Å². The third-order valence-electron chi connectivity index (χ3n) is 6.56. The number of amides is 1. The Morgan fingerprint density at radius 2 is 1.69 bits per heavy atom. The molecular weight excluding hydrogens is 424 g/mol. The lowest BCUT2D eigenvalue weighted by molar-refractivity contribution is 0.0758. The van der Waals surface area contributed by atoms with Crippen molar-refractivity contribution in [3.8, 4) is 5.75 Å². The summed E-state index contributed by atoms with van der Waals surface area (Å²) in [5.74, 6) is 0.220. The molecule has 1 N–H and O–H groups in total. The summed E-state index contributed by atoms with van der Waals surface area (Å²) in [5, 5.41) is 0. The molecule has 4 rings (SSSR count). The van der Waals surface area contributed by atoms with Crippen molar-refractivity contribution in [2.75, 3.05) is 20.2 Å². The maximum absolute atomic E-state index is 13.2. The van der Waals surface area contributed by atoms with Crippen molar-refractivity contribution in [1.29, 1.82) is 0 Å². The van der Waals surface area contributed by atoms with Crippen LogP contribution < -0.4 is 9.46 Å². The molecule has 2 aliphatic rings. The molecule has 1 aliphatic heterocycles. The second-order valence-corrected chi connectivity index (χ2v) is 10.5. The molecule has 1 aliphatic carbocycles. The first-order valence-electron chi connectivity index (χ1n) is 11.5. The van der Waals surface area contributed by atoms with Crippen LogP contribution in [0.15, 0.2) is 41.3 Å². The molecule has 1 atom stereocenters. The molecule has 2 aromatic rings. The van der Waals surface area contributed by atoms with Gasteiger partial charge in [-0.3, -0.25) is 4.79 Å². The molecule has 0 radical (unpaired) electrons. The third-order valence-corrected chi connectivity index (χ3v) is 8.10. The number of rotatable bonds is 6. The van der Waals surface area contributed by atoms with Gasteiger partial charge in [0.05, 0.1) is 17.6 Å². The van der Waals surface area contributed by atoms with E-state index in [9.17, 15) is 13.2 Å². The van der Waals surface area contributed by atoms with E-state index in [-0.39, 0.29) is 16.8 Å². The second-order valence-electron chi connectivity index (χ2n) is 8.79. The van der Waals surface area contributed by atoms with Crippen LogP contribution in [0, 0.1) is 0 Å². The first kappa shape index (κ1) is 22.8. The van der Waals surface area contributed by atoms with E-state index in [4.69, 9.17) is 4.74 Å². The fourth-order valence-electron chi connectivity index (χ4n) is 4.70. The first-order chi connectivity index (χ1) is 15.4. The van der Waals surface area contributed by atoms with Gasteiger partial charge in [-0.05, 0) is 73.9 Å². The van der Waals surface area contributed by atoms with Crippen LogP contribution in [-0.4, -0.2) is 39.4 Å². The monoisotopic (exact) mass is 456 g/mol. The number of nitrogens with one attached hydrogen (secondary N) is 1. The number of likely N-dealkylation sites (tertiary alicyclic amines) is 1. The Bertz CT molecular complexity index is 1090. The van der Waals surface area contributed by atoms with E-state index < -0.39 is 10.0 Å². The second kappa shape index (κ2) is 9.63. The Balaban J connectivity index is 1.57. The van der Waals surface area contributed by atoms with Crippen molar-refractivity contribution < 1.29 is 17.9 Å². The van der Waals surface area contributed by atoms with Gasteiger partial charge in [0.2, 0.25) is 10.0 Å². The van der Waals surface area contributed by atoms with Gasteiger partial charge >= 0.3 is 0 Å². The minimum Gasteiger partial charge on any atom is -0.496 e. The highest BCUT2D eigenvalue weighted by atomic mass is 32.2. The number of aryl methyl sites for hydroxylation is 2. The Labute approximate surface area is 191 Å². The standard InChI is InChI=1S/C25H32N2O4S/c1-18(20-11-10-19-8-7-9-21(19)16-20)26-32(29,30)22-12-13-24(31-2)23(17-22)25(28)27-14-5-3-4-6-15-27/h10-13,16-18,26H,3-9,14-15H2,1-2H3/t18-/m1/s1. The van der Waals surface area contributed by atoms with Crippen molar-refractivity contribution in [3.05, 3.63) is 58.7 Å². The Morgan fingerprint density at radius 3 is 2.41 bits per heavy atom. The molecule has 32 heavy (non-hydrogen) atoms. The van der Waals surface area contributed by atoms with Gasteiger partial charge in [0, 0.05) is 19.1 Å². The lowest BCUT2D eigenvalue weighted by atomic mass is 10.0. The van der Waals surface area contributed by atoms with Crippen molar-refractivity contribution in [2.24, 2.45) is 0 Å². The molecule has 0 aromatic heterocycles. The Hall–Kier alpha value is -2.38. The number of carbonyl (C=O) groups is 1. The van der Waals surface area contributed by atoms with E-state index in [0.717, 1.165) is 50.5 Å². The molecule has 1 heterocycles. The third kappa shape index (κ3) is 4.84. The number of carbonyl (C=O) groups excluding carboxylic acids is 1. The largest absolute Gasteiger partial charge is 0.496 e. The molecule has 1 amide bonds. The highest BCUT2D eigenvalue weighted by Gasteiger charge is 2.25. The van der Waals surface area contributed by atoms with E-state index in [1.807, 2.05) is 17.9 Å². The quantitative estimate of drug-likeness (QED) is 0.705. The fourth-order valence-corrected chi connectivity index (χ4v) is 5.95. The molecule has 172 valence electrons. The molecule has 0 saturated carbocycles. The average Bonchev–Trinajstić information content (AvgIpc) is 3.09. The van der Waals surface area contributed by atoms with Crippen molar-refractivity contribution in [1.82, 2.24) is 9.62 Å². The summed E-state index contributed by atoms with van der Waals surface area (Å²) >= 11 is 0. The number of benzene rings is 2. The number of methoxy groups -OCH3 is 1. The smallest absolute Gasteiger partial charge is 0.257 e. The number of hydrogen-bond acceptors (Lipinski definition) is 4. The van der Waals surface area contributed by atoms with Crippen LogP contribution in [0.4, 0.5) is 0 Å². The van der Waals surface area contributed by atoms with Crippen LogP contribution >= 0.6 is 0 Å².